The van der Waals surface area contributed by atoms with Gasteiger partial charge in [0.1, 0.15) is 0 Å². The van der Waals surface area contributed by atoms with Gasteiger partial charge in [0.2, 0.25) is 0 Å². The molecule has 1 aromatic heterocycles. The Kier molecular flexibility index (Phi) is 4.62. The fourth-order valence-corrected chi connectivity index (χ4v) is 2.28. The first-order valence-electron chi connectivity index (χ1n) is 5.90. The lowest BCUT2D eigenvalue weighted by molar-refractivity contribution is 0.0429. The summed E-state index contributed by atoms with van der Waals surface area (Å²) in [6.07, 6.45) is 1.61. The first-order valence-corrected chi connectivity index (χ1v) is 7.62. The van der Waals surface area contributed by atoms with Crippen LogP contribution in [0.4, 0.5) is 0 Å². The van der Waals surface area contributed by atoms with E-state index in [0.717, 1.165) is 5.56 Å². The molecule has 2 aromatic rings. The van der Waals surface area contributed by atoms with Gasteiger partial charge in [-0.15, -0.1) is 0 Å². The van der Waals surface area contributed by atoms with Crippen molar-refractivity contribution in [1.29, 1.82) is 0 Å². The summed E-state index contributed by atoms with van der Waals surface area (Å²) in [6, 6.07) is 6.86. The minimum Gasteiger partial charge on any atom is -0.452 e. The van der Waals surface area contributed by atoms with Crippen LogP contribution in [0.1, 0.15) is 27.6 Å². The fraction of sp³-hybridized carbons (Fsp3) is 0.308. The summed E-state index contributed by atoms with van der Waals surface area (Å²) in [5, 5.41) is 3.60. The number of benzene rings is 1. The lowest BCUT2D eigenvalue weighted by atomic mass is 10.1. The minimum atomic E-state index is -0.954. The molecule has 0 fully saturated rings. The third-order valence-electron chi connectivity index (χ3n) is 2.43. The minimum absolute atomic E-state index is 0.0659. The third kappa shape index (κ3) is 3.99. The van der Waals surface area contributed by atoms with E-state index in [0.29, 0.717) is 17.1 Å². The highest BCUT2D eigenvalue weighted by Gasteiger charge is 2.11. The van der Waals surface area contributed by atoms with E-state index in [9.17, 15) is 9.00 Å². The Morgan fingerprint density at radius 1 is 1.45 bits per heavy atom. The largest absolute Gasteiger partial charge is 0.452 e. The molecule has 1 atom stereocenters. The summed E-state index contributed by atoms with van der Waals surface area (Å²) < 4.78 is 21.1. The van der Waals surface area contributed by atoms with Gasteiger partial charge in [0.05, 0.1) is 5.56 Å². The van der Waals surface area contributed by atoms with E-state index in [1.165, 1.54) is 0 Å². The predicted octanol–water partition coefficient (Wildman–Crippen LogP) is 1.61. The van der Waals surface area contributed by atoms with Crippen molar-refractivity contribution in [3.8, 4) is 0 Å². The third-order valence-corrected chi connectivity index (χ3v) is 3.17. The fourth-order valence-electron chi connectivity index (χ4n) is 1.63. The van der Waals surface area contributed by atoms with Gasteiger partial charge in [-0.2, -0.15) is 4.98 Å². The van der Waals surface area contributed by atoms with E-state index < -0.39 is 16.8 Å². The van der Waals surface area contributed by atoms with Crippen molar-refractivity contribution >= 4 is 16.8 Å². The van der Waals surface area contributed by atoms with Crippen LogP contribution in [0.3, 0.4) is 0 Å². The van der Waals surface area contributed by atoms with Crippen LogP contribution in [-0.4, -0.2) is 26.6 Å². The van der Waals surface area contributed by atoms with Crippen LogP contribution in [0.2, 0.25) is 0 Å². The molecule has 0 saturated heterocycles. The van der Waals surface area contributed by atoms with Crippen molar-refractivity contribution in [3.63, 3.8) is 0 Å². The molecule has 0 amide bonds. The summed E-state index contributed by atoms with van der Waals surface area (Å²) in [4.78, 5) is 15.8. The molecule has 7 heteroatoms. The van der Waals surface area contributed by atoms with Crippen LogP contribution in [-0.2, 0) is 27.9 Å². The molecule has 0 N–H and O–H groups in total. The molecule has 6 nitrogen and oxygen atoms in total. The van der Waals surface area contributed by atoms with Crippen LogP contribution in [0.5, 0.6) is 0 Å². The van der Waals surface area contributed by atoms with E-state index in [2.05, 4.69) is 10.1 Å². The van der Waals surface area contributed by atoms with Crippen molar-refractivity contribution < 1.29 is 18.3 Å². The van der Waals surface area contributed by atoms with E-state index in [4.69, 9.17) is 9.26 Å². The zero-order valence-corrected chi connectivity index (χ0v) is 12.0. The van der Waals surface area contributed by atoms with Crippen molar-refractivity contribution in [2.75, 3.05) is 6.26 Å². The molecule has 20 heavy (non-hydrogen) atoms. The van der Waals surface area contributed by atoms with E-state index in [-0.39, 0.29) is 12.5 Å². The molecule has 0 aliphatic rings. The molecule has 106 valence electrons. The molecule has 0 unspecified atom stereocenters. The number of carbonyl (C=O) groups excluding carboxylic acids is 1. The van der Waals surface area contributed by atoms with Gasteiger partial charge in [0.25, 0.3) is 5.89 Å². The van der Waals surface area contributed by atoms with Gasteiger partial charge in [-0.25, -0.2) is 4.79 Å². The lowest BCUT2D eigenvalue weighted by Gasteiger charge is -2.04. The van der Waals surface area contributed by atoms with Crippen LogP contribution in [0, 0.1) is 6.92 Å². The van der Waals surface area contributed by atoms with E-state index >= 15 is 0 Å². The Balaban J connectivity index is 1.99. The van der Waals surface area contributed by atoms with Crippen molar-refractivity contribution in [3.05, 3.63) is 47.1 Å². The highest BCUT2D eigenvalue weighted by molar-refractivity contribution is 7.83. The first-order chi connectivity index (χ1) is 9.54. The van der Waals surface area contributed by atoms with Gasteiger partial charge in [-0.05, 0) is 24.6 Å². The number of rotatable bonds is 5. The Bertz CT molecular complexity index is 639. The smallest absolute Gasteiger partial charge is 0.338 e. The van der Waals surface area contributed by atoms with E-state index in [1.807, 2.05) is 6.07 Å². The zero-order valence-electron chi connectivity index (χ0n) is 11.2. The molecule has 0 bridgehead atoms. The molecule has 0 spiro atoms. The quantitative estimate of drug-likeness (QED) is 0.779. The zero-order chi connectivity index (χ0) is 14.5. The van der Waals surface area contributed by atoms with Crippen molar-refractivity contribution in [2.24, 2.45) is 0 Å². The Hall–Kier alpha value is -2.02. The van der Waals surface area contributed by atoms with Crippen molar-refractivity contribution in [1.82, 2.24) is 10.1 Å². The van der Waals surface area contributed by atoms with Gasteiger partial charge in [0.15, 0.2) is 12.4 Å². The highest BCUT2D eigenvalue weighted by atomic mass is 32.2. The summed E-state index contributed by atoms with van der Waals surface area (Å²) in [5.74, 6) is 0.666. The Labute approximate surface area is 118 Å². The topological polar surface area (TPSA) is 82.3 Å². The van der Waals surface area contributed by atoms with Gasteiger partial charge < -0.3 is 9.26 Å². The number of carbonyl (C=O) groups is 1. The van der Waals surface area contributed by atoms with Crippen LogP contribution < -0.4 is 0 Å². The Morgan fingerprint density at radius 3 is 2.90 bits per heavy atom. The number of aromatic nitrogens is 2. The van der Waals surface area contributed by atoms with Crippen LogP contribution in [0.15, 0.2) is 28.8 Å². The average Bonchev–Trinajstić information content (AvgIpc) is 2.81. The maximum Gasteiger partial charge on any atom is 0.338 e. The van der Waals surface area contributed by atoms with Crippen molar-refractivity contribution in [2.45, 2.75) is 19.3 Å². The molecule has 1 heterocycles. The standard InChI is InChI=1S/C13H14N2O4S/c1-9-14-12(19-15-9)7-18-13(16)11-5-3-4-10(6-11)8-20(2)17/h3-6H,7-8H2,1-2H3/t20-/m0/s1. The van der Waals surface area contributed by atoms with E-state index in [1.54, 1.807) is 31.4 Å². The summed E-state index contributed by atoms with van der Waals surface area (Å²) in [6.45, 7) is 1.62. The molecule has 0 aliphatic carbocycles. The predicted molar refractivity (Wildman–Crippen MR) is 72.4 cm³/mol. The van der Waals surface area contributed by atoms with Crippen LogP contribution in [0.25, 0.3) is 0 Å². The summed E-state index contributed by atoms with van der Waals surface area (Å²) in [7, 11) is -0.954. The second-order valence-corrected chi connectivity index (χ2v) is 5.66. The monoisotopic (exact) mass is 294 g/mol. The number of esters is 1. The number of nitrogens with zero attached hydrogens (tertiary/aromatic N) is 2. The first kappa shape index (κ1) is 14.4. The number of hydrogen-bond donors (Lipinski definition) is 0. The number of ether oxygens (including phenoxy) is 1. The molecule has 2 rings (SSSR count). The highest BCUT2D eigenvalue weighted by Crippen LogP contribution is 2.10. The molecule has 0 aliphatic heterocycles. The lowest BCUT2D eigenvalue weighted by Crippen LogP contribution is -2.06. The van der Waals surface area contributed by atoms with Gasteiger partial charge in [0, 0.05) is 22.8 Å². The normalized spacial score (nSPS) is 12.1. The summed E-state index contributed by atoms with van der Waals surface area (Å²) in [5.41, 5.74) is 1.23. The second kappa shape index (κ2) is 6.42. The number of hydrogen-bond acceptors (Lipinski definition) is 6. The molecule has 0 radical (unpaired) electrons. The molecule has 0 saturated carbocycles. The maximum atomic E-state index is 11.9. The van der Waals surface area contributed by atoms with Gasteiger partial charge >= 0.3 is 5.97 Å². The van der Waals surface area contributed by atoms with Gasteiger partial charge in [-0.3, -0.25) is 4.21 Å². The SMILES string of the molecule is Cc1noc(COC(=O)c2cccc(C[S@](C)=O)c2)n1. The second-order valence-electron chi connectivity index (χ2n) is 4.23. The average molecular weight is 294 g/mol. The van der Waals surface area contributed by atoms with Gasteiger partial charge in [-0.1, -0.05) is 17.3 Å². The van der Waals surface area contributed by atoms with Crippen LogP contribution >= 0.6 is 0 Å². The molecule has 1 aromatic carbocycles. The molecular weight excluding hydrogens is 280 g/mol. The molecular formula is C13H14N2O4S. The maximum absolute atomic E-state index is 11.9. The summed E-state index contributed by atoms with van der Waals surface area (Å²) >= 11 is 0. The number of aryl methyl sites for hydroxylation is 1. The Morgan fingerprint density at radius 2 is 2.25 bits per heavy atom.